The van der Waals surface area contributed by atoms with Gasteiger partial charge in [0.2, 0.25) is 0 Å². The number of aliphatic hydroxyl groups excluding tert-OH is 1. The molecule has 0 bridgehead atoms. The summed E-state index contributed by atoms with van der Waals surface area (Å²) in [4.78, 5) is 0. The molecule has 0 saturated heterocycles. The second-order valence-electron chi connectivity index (χ2n) is 12.9. The second-order valence-corrected chi connectivity index (χ2v) is 12.9. The van der Waals surface area contributed by atoms with Gasteiger partial charge in [0, 0.05) is 0 Å². The minimum Gasteiger partial charge on any atom is -0.393 e. The molecule has 0 aromatic heterocycles. The van der Waals surface area contributed by atoms with Crippen molar-refractivity contribution in [2.75, 3.05) is 0 Å². The highest BCUT2D eigenvalue weighted by molar-refractivity contribution is 5.11. The van der Waals surface area contributed by atoms with Gasteiger partial charge >= 0.3 is 0 Å². The Hall–Kier alpha value is -0.300. The van der Waals surface area contributed by atoms with Gasteiger partial charge < -0.3 is 5.11 Å². The molecule has 4 aliphatic carbocycles. The monoisotopic (exact) mass is 414 g/mol. The number of allylic oxidation sites excluding steroid dienone is 2. The third-order valence-corrected chi connectivity index (χ3v) is 11.3. The van der Waals surface area contributed by atoms with Crippen LogP contribution in [0.15, 0.2) is 12.2 Å². The maximum absolute atomic E-state index is 10.3. The molecular formula is C29H50O. The van der Waals surface area contributed by atoms with Gasteiger partial charge in [0.25, 0.3) is 0 Å². The number of fused-ring (bicyclic) bond motifs is 5. The fourth-order valence-corrected chi connectivity index (χ4v) is 9.42. The van der Waals surface area contributed by atoms with Crippen molar-refractivity contribution in [1.82, 2.24) is 0 Å². The van der Waals surface area contributed by atoms with Crippen LogP contribution in [0.5, 0.6) is 0 Å². The normalized spacial score (nSPS) is 48.3. The second kappa shape index (κ2) is 8.57. The average molecular weight is 415 g/mol. The number of hydrogen-bond acceptors (Lipinski definition) is 1. The first-order valence-corrected chi connectivity index (χ1v) is 13.6. The zero-order chi connectivity index (χ0) is 21.7. The molecule has 4 fully saturated rings. The van der Waals surface area contributed by atoms with E-state index in [4.69, 9.17) is 0 Å². The molecule has 0 amide bonds. The van der Waals surface area contributed by atoms with Gasteiger partial charge in [-0.05, 0) is 122 Å². The molecule has 4 rings (SSSR count). The molecule has 0 spiro atoms. The van der Waals surface area contributed by atoms with E-state index in [-0.39, 0.29) is 6.10 Å². The van der Waals surface area contributed by atoms with E-state index in [0.29, 0.717) is 10.8 Å². The topological polar surface area (TPSA) is 20.2 Å². The number of aliphatic hydroxyl groups is 1. The predicted octanol–water partition coefficient (Wildman–Crippen LogP) is 7.88. The van der Waals surface area contributed by atoms with Gasteiger partial charge in [-0.2, -0.15) is 0 Å². The zero-order valence-corrected chi connectivity index (χ0v) is 20.9. The van der Waals surface area contributed by atoms with Crippen LogP contribution in [0.4, 0.5) is 0 Å². The lowest BCUT2D eigenvalue weighted by molar-refractivity contribution is -0.128. The lowest BCUT2D eigenvalue weighted by Gasteiger charge is -2.61. The standard InChI is InChI=1S/C29H50O/c1-7-21(19(2)3)9-8-20(4)25-12-13-26-24-11-10-22-18-23(30)14-16-28(22,5)27(24)15-17-29(25,26)6/h8-9,19-27,30H,7,10-18H2,1-6H3/b9-8+/t20-,21?,22+,23+,24?,25-,26?,27?,28+,29-/m1/s1. The highest BCUT2D eigenvalue weighted by Crippen LogP contribution is 2.68. The Morgan fingerprint density at radius 3 is 2.27 bits per heavy atom. The maximum Gasteiger partial charge on any atom is 0.0543 e. The summed E-state index contributed by atoms with van der Waals surface area (Å²) in [6.07, 6.45) is 18.5. The summed E-state index contributed by atoms with van der Waals surface area (Å²) in [6.45, 7) is 14.9. The van der Waals surface area contributed by atoms with E-state index in [1.807, 2.05) is 0 Å². The molecule has 0 aliphatic heterocycles. The van der Waals surface area contributed by atoms with Crippen LogP contribution in [0.25, 0.3) is 0 Å². The summed E-state index contributed by atoms with van der Waals surface area (Å²) in [5.41, 5.74) is 1.07. The van der Waals surface area contributed by atoms with Gasteiger partial charge in [-0.3, -0.25) is 0 Å². The summed E-state index contributed by atoms with van der Waals surface area (Å²) in [5.74, 6) is 6.72. The van der Waals surface area contributed by atoms with E-state index in [9.17, 15) is 5.11 Å². The van der Waals surface area contributed by atoms with Crippen LogP contribution in [0, 0.1) is 58.2 Å². The molecule has 1 N–H and O–H groups in total. The van der Waals surface area contributed by atoms with Crippen LogP contribution in [-0.2, 0) is 0 Å². The number of rotatable bonds is 5. The van der Waals surface area contributed by atoms with E-state index in [1.54, 1.807) is 0 Å². The minimum absolute atomic E-state index is 0.0187. The SMILES string of the molecule is CCC(/C=C/[C@@H](C)[C@H]1CCC2C3CC[C@H]4C[C@@H](O)CC[C@]4(C)C3CC[C@@]21C)C(C)C. The largest absolute Gasteiger partial charge is 0.393 e. The predicted molar refractivity (Wildman–Crippen MR) is 128 cm³/mol. The van der Waals surface area contributed by atoms with Crippen molar-refractivity contribution in [1.29, 1.82) is 0 Å². The molecule has 4 saturated carbocycles. The Bertz CT molecular complexity index is 622. The molecule has 0 heterocycles. The third kappa shape index (κ3) is 3.74. The molecule has 0 radical (unpaired) electrons. The van der Waals surface area contributed by atoms with Crippen molar-refractivity contribution in [2.24, 2.45) is 58.2 Å². The first-order valence-electron chi connectivity index (χ1n) is 13.6. The minimum atomic E-state index is -0.0187. The van der Waals surface area contributed by atoms with Gasteiger partial charge in [-0.25, -0.2) is 0 Å². The van der Waals surface area contributed by atoms with Gasteiger partial charge in [-0.1, -0.05) is 53.7 Å². The highest BCUT2D eigenvalue weighted by Gasteiger charge is 2.60. The van der Waals surface area contributed by atoms with E-state index >= 15 is 0 Å². The fraction of sp³-hybridized carbons (Fsp3) is 0.931. The van der Waals surface area contributed by atoms with Gasteiger partial charge in [0.05, 0.1) is 6.10 Å². The van der Waals surface area contributed by atoms with E-state index in [2.05, 4.69) is 53.7 Å². The Kier molecular flexibility index (Phi) is 6.53. The lowest BCUT2D eigenvalue weighted by Crippen LogP contribution is -2.54. The molecule has 4 aliphatic rings. The Morgan fingerprint density at radius 1 is 0.867 bits per heavy atom. The molecule has 0 aromatic rings. The van der Waals surface area contributed by atoms with Crippen molar-refractivity contribution < 1.29 is 5.11 Å². The first kappa shape index (κ1) is 22.9. The van der Waals surface area contributed by atoms with Crippen LogP contribution >= 0.6 is 0 Å². The summed E-state index contributed by atoms with van der Waals surface area (Å²) < 4.78 is 0. The molecular weight excluding hydrogens is 364 g/mol. The van der Waals surface area contributed by atoms with Gasteiger partial charge in [-0.15, -0.1) is 0 Å². The Balaban J connectivity index is 1.49. The smallest absolute Gasteiger partial charge is 0.0543 e. The van der Waals surface area contributed by atoms with Crippen LogP contribution in [0.2, 0.25) is 0 Å². The van der Waals surface area contributed by atoms with E-state index in [0.717, 1.165) is 60.2 Å². The van der Waals surface area contributed by atoms with Crippen molar-refractivity contribution in [2.45, 2.75) is 112 Å². The molecule has 10 atom stereocenters. The maximum atomic E-state index is 10.3. The first-order chi connectivity index (χ1) is 14.2. The van der Waals surface area contributed by atoms with E-state index < -0.39 is 0 Å². The summed E-state index contributed by atoms with van der Waals surface area (Å²) in [6, 6.07) is 0. The Labute approximate surface area is 187 Å². The molecule has 1 heteroatoms. The third-order valence-electron chi connectivity index (χ3n) is 11.3. The van der Waals surface area contributed by atoms with Gasteiger partial charge in [0.1, 0.15) is 0 Å². The molecule has 0 aromatic carbocycles. The number of hydrogen-bond donors (Lipinski definition) is 1. The fourth-order valence-electron chi connectivity index (χ4n) is 9.42. The van der Waals surface area contributed by atoms with E-state index in [1.165, 1.54) is 51.4 Å². The molecule has 30 heavy (non-hydrogen) atoms. The zero-order valence-electron chi connectivity index (χ0n) is 20.9. The highest BCUT2D eigenvalue weighted by atomic mass is 16.3. The van der Waals surface area contributed by atoms with Crippen molar-refractivity contribution >= 4 is 0 Å². The van der Waals surface area contributed by atoms with Crippen LogP contribution in [0.1, 0.15) is 106 Å². The molecule has 172 valence electrons. The van der Waals surface area contributed by atoms with Gasteiger partial charge in [0.15, 0.2) is 0 Å². The van der Waals surface area contributed by atoms with Crippen LogP contribution in [0.3, 0.4) is 0 Å². The summed E-state index contributed by atoms with van der Waals surface area (Å²) in [7, 11) is 0. The molecule has 1 nitrogen and oxygen atoms in total. The Morgan fingerprint density at radius 2 is 1.57 bits per heavy atom. The molecule has 4 unspecified atom stereocenters. The van der Waals surface area contributed by atoms with Crippen LogP contribution in [-0.4, -0.2) is 11.2 Å². The van der Waals surface area contributed by atoms with Crippen molar-refractivity contribution in [3.05, 3.63) is 12.2 Å². The quantitative estimate of drug-likeness (QED) is 0.454. The summed E-state index contributed by atoms with van der Waals surface area (Å²) in [5, 5.41) is 10.3. The summed E-state index contributed by atoms with van der Waals surface area (Å²) >= 11 is 0. The van der Waals surface area contributed by atoms with Crippen molar-refractivity contribution in [3.63, 3.8) is 0 Å². The van der Waals surface area contributed by atoms with Crippen LogP contribution < -0.4 is 0 Å². The average Bonchev–Trinajstić information content (AvgIpc) is 3.06. The lowest BCUT2D eigenvalue weighted by atomic mass is 9.44. The van der Waals surface area contributed by atoms with Crippen molar-refractivity contribution in [3.8, 4) is 0 Å².